The van der Waals surface area contributed by atoms with E-state index < -0.39 is 132 Å². The maximum atomic E-state index is 13.9. The van der Waals surface area contributed by atoms with E-state index >= 15 is 0 Å². The van der Waals surface area contributed by atoms with Gasteiger partial charge in [0.05, 0.1) is 25.1 Å². The van der Waals surface area contributed by atoms with Crippen molar-refractivity contribution >= 4 is 115 Å². The number of rotatable bonds is 35. The lowest BCUT2D eigenvalue weighted by Crippen LogP contribution is -2.62. The van der Waals surface area contributed by atoms with Gasteiger partial charge in [-0.05, 0) is 50.7 Å². The van der Waals surface area contributed by atoms with Crippen LogP contribution < -0.4 is 65.1 Å². The van der Waals surface area contributed by atoms with Crippen molar-refractivity contribution in [2.45, 2.75) is 112 Å². The number of H-pyrrole nitrogens is 1. The Kier molecular flexibility index (Phi) is 30.5. The molecule has 77 heavy (non-hydrogen) atoms. The highest BCUT2D eigenvalue weighted by molar-refractivity contribution is 7.98. The van der Waals surface area contributed by atoms with Gasteiger partial charge in [-0.15, -0.1) is 0 Å². The molecule has 0 fully saturated rings. The molecule has 0 spiro atoms. The Hall–Kier alpha value is -6.32. The quantitative estimate of drug-likeness (QED) is 0.0132. The van der Waals surface area contributed by atoms with E-state index in [0.29, 0.717) is 23.4 Å². The van der Waals surface area contributed by atoms with E-state index in [-0.39, 0.29) is 55.4 Å². The van der Waals surface area contributed by atoms with Gasteiger partial charge < -0.3 is 85.4 Å². The number of carboxylic acid groups (broad SMARTS) is 1. The van der Waals surface area contributed by atoms with E-state index in [9.17, 15) is 63.3 Å². The third-order valence-corrected chi connectivity index (χ3v) is 12.9. The number of carboxylic acids is 1. The standard InChI is InChI=1S/C45H71N15O13S4/c1-22(52-38(66)29(15-25-16-49-21-51-25)55-39(67)28(14-24-8-5-4-6-9-24)54-36(64)26(46)11-13-77-3)35(63)60-34(23(2)62)43(71)59-33(20-76)42(70)58-32(19-75)41(69)57-31(18-74)40(68)53-27(10-7-12-50-45(47)48)37(65)56-30(17-61)44(72)73/h4-6,8-9,16,21-23,26-34,61-62,74-76H,7,10-15,17-20,46H2,1-3H3,(H,49,51)(H,52,66)(H,53,68)(H,54,64)(H,55,67)(H,56,65)(H,57,69)(H,58,70)(H,59,71)(H,60,63)(H,72,73)(H4,47,48,50)/t22-,23+,26-,27-,28-,29-,30-,31-,32-,33-,34-/m0/s1. The number of nitrogens with two attached hydrogens (primary N) is 3. The first-order valence-electron chi connectivity index (χ1n) is 23.9. The third-order valence-electron chi connectivity index (χ3n) is 11.1. The molecule has 28 nitrogen and oxygen atoms in total. The Bertz CT molecular complexity index is 2300. The van der Waals surface area contributed by atoms with Crippen LogP contribution in [-0.2, 0) is 60.8 Å². The molecule has 2 rings (SSSR count). The Labute approximate surface area is 465 Å². The van der Waals surface area contributed by atoms with Gasteiger partial charge in [-0.25, -0.2) is 9.78 Å². The van der Waals surface area contributed by atoms with Crippen LogP contribution in [0.5, 0.6) is 0 Å². The molecule has 0 saturated heterocycles. The zero-order chi connectivity index (χ0) is 57.8. The molecule has 1 aromatic heterocycles. The number of aromatic amines is 1. The Balaban J connectivity index is 2.18. The van der Waals surface area contributed by atoms with Crippen LogP contribution in [0.4, 0.5) is 0 Å². The van der Waals surface area contributed by atoms with Gasteiger partial charge in [-0.1, -0.05) is 30.3 Å². The minimum atomic E-state index is -1.74. The molecular weight excluding hydrogens is 1090 g/mol. The SMILES string of the molecule is CSCC[C@H](N)C(=O)N[C@@H](Cc1ccccc1)C(=O)N[C@@H](Cc1cnc[nH]1)C(=O)N[C@@H](C)C(=O)N[C@H](C(=O)N[C@@H](CS)C(=O)N[C@@H](CS)C(=O)N[C@@H](CS)C(=O)N[C@@H](CCCN=C(N)N)C(=O)N[C@@H](CO)C(=O)O)[C@@H](C)O. The predicted octanol–water partition coefficient (Wildman–Crippen LogP) is -6.04. The first-order chi connectivity index (χ1) is 36.5. The number of hydrogen-bond acceptors (Lipinski definition) is 19. The number of nitrogens with one attached hydrogen (secondary N) is 10. The molecule has 0 bridgehead atoms. The van der Waals surface area contributed by atoms with Gasteiger partial charge >= 0.3 is 5.97 Å². The summed E-state index contributed by atoms with van der Waals surface area (Å²) >= 11 is 13.9. The van der Waals surface area contributed by atoms with Crippen LogP contribution in [0.25, 0.3) is 0 Å². The van der Waals surface area contributed by atoms with Crippen LogP contribution in [-0.4, -0.2) is 199 Å². The van der Waals surface area contributed by atoms with Gasteiger partial charge in [0.1, 0.15) is 54.4 Å². The molecule has 0 radical (unpaired) electrons. The normalized spacial score (nSPS) is 15.3. The summed E-state index contributed by atoms with van der Waals surface area (Å²) in [4.78, 5) is 143. The number of nitrogens with zero attached hydrogens (tertiary/aromatic N) is 2. The molecule has 1 heterocycles. The van der Waals surface area contributed by atoms with Gasteiger partial charge in [-0.2, -0.15) is 49.6 Å². The smallest absolute Gasteiger partial charge is 0.328 e. The first kappa shape index (κ1) is 66.8. The average molecular weight is 1160 g/mol. The number of thiol groups is 3. The monoisotopic (exact) mass is 1160 g/mol. The second-order valence-corrected chi connectivity index (χ2v) is 19.3. The average Bonchev–Trinajstić information content (AvgIpc) is 3.91. The van der Waals surface area contributed by atoms with Crippen molar-refractivity contribution in [3.05, 3.63) is 54.1 Å². The lowest BCUT2D eigenvalue weighted by atomic mass is 10.0. The number of carbonyl (C=O) groups is 10. The van der Waals surface area contributed by atoms with Crippen molar-refractivity contribution in [2.75, 3.05) is 42.4 Å². The number of aliphatic imine (C=N–C) groups is 1. The molecule has 1 aromatic carbocycles. The largest absolute Gasteiger partial charge is 0.480 e. The van der Waals surface area contributed by atoms with Gasteiger partial charge in [0.2, 0.25) is 53.2 Å². The minimum absolute atomic E-state index is 0.0253. The van der Waals surface area contributed by atoms with E-state index in [0.717, 1.165) is 6.92 Å². The number of aliphatic hydroxyl groups excluding tert-OH is 2. The number of carbonyl (C=O) groups excluding carboxylic acids is 9. The number of thioether (sulfide) groups is 1. The maximum Gasteiger partial charge on any atom is 0.328 e. The fourth-order valence-corrected chi connectivity index (χ4v) is 8.03. The number of benzene rings is 1. The Morgan fingerprint density at radius 2 is 1.13 bits per heavy atom. The molecule has 0 aliphatic rings. The van der Waals surface area contributed by atoms with Gasteiger partial charge in [0, 0.05) is 48.5 Å². The van der Waals surface area contributed by atoms with Crippen molar-refractivity contribution in [1.29, 1.82) is 0 Å². The van der Waals surface area contributed by atoms with Crippen LogP contribution in [0.2, 0.25) is 0 Å². The number of guanidine groups is 1. The molecule has 0 unspecified atom stereocenters. The summed E-state index contributed by atoms with van der Waals surface area (Å²) in [6.07, 6.45) is 3.27. The molecule has 11 atom stereocenters. The van der Waals surface area contributed by atoms with Crippen molar-refractivity contribution in [3.63, 3.8) is 0 Å². The van der Waals surface area contributed by atoms with Crippen molar-refractivity contribution < 1.29 is 63.3 Å². The van der Waals surface area contributed by atoms with E-state index in [2.05, 4.69) is 101 Å². The lowest BCUT2D eigenvalue weighted by molar-refractivity contribution is -0.143. The zero-order valence-corrected chi connectivity index (χ0v) is 46.0. The fraction of sp³-hybridized carbons (Fsp3) is 0.556. The molecular formula is C45H71N15O13S4. The van der Waals surface area contributed by atoms with Crippen LogP contribution in [0.1, 0.15) is 44.4 Å². The number of amides is 9. The zero-order valence-electron chi connectivity index (χ0n) is 42.5. The highest BCUT2D eigenvalue weighted by Gasteiger charge is 2.35. The molecule has 0 saturated carbocycles. The highest BCUT2D eigenvalue weighted by atomic mass is 32.2. The summed E-state index contributed by atoms with van der Waals surface area (Å²) in [7, 11) is 0. The van der Waals surface area contributed by atoms with Crippen molar-refractivity contribution in [2.24, 2.45) is 22.2 Å². The molecule has 9 amide bonds. The summed E-state index contributed by atoms with van der Waals surface area (Å²) in [5.74, 6) is -10.4. The molecule has 0 aliphatic carbocycles. The molecule has 428 valence electrons. The predicted molar refractivity (Wildman–Crippen MR) is 294 cm³/mol. The maximum absolute atomic E-state index is 13.9. The van der Waals surface area contributed by atoms with E-state index in [1.807, 2.05) is 6.26 Å². The van der Waals surface area contributed by atoms with Crippen LogP contribution in [0.15, 0.2) is 47.8 Å². The van der Waals surface area contributed by atoms with Crippen LogP contribution >= 0.6 is 49.6 Å². The number of aromatic nitrogens is 2. The summed E-state index contributed by atoms with van der Waals surface area (Å²) in [5.41, 5.74) is 17.9. The Morgan fingerprint density at radius 3 is 1.62 bits per heavy atom. The van der Waals surface area contributed by atoms with Crippen molar-refractivity contribution in [1.82, 2.24) is 57.8 Å². The minimum Gasteiger partial charge on any atom is -0.480 e. The summed E-state index contributed by atoms with van der Waals surface area (Å²) in [5, 5.41) is 51.1. The first-order valence-corrected chi connectivity index (χ1v) is 27.2. The van der Waals surface area contributed by atoms with E-state index in [1.165, 1.54) is 31.2 Å². The van der Waals surface area contributed by atoms with Gasteiger partial charge in [0.15, 0.2) is 5.96 Å². The topological polar surface area (TPSA) is 459 Å². The molecule has 32 heteroatoms. The molecule has 19 N–H and O–H groups in total. The Morgan fingerprint density at radius 1 is 0.649 bits per heavy atom. The van der Waals surface area contributed by atoms with E-state index in [1.54, 1.807) is 30.3 Å². The number of hydrogen-bond donors (Lipinski definition) is 19. The van der Waals surface area contributed by atoms with E-state index in [4.69, 9.17) is 17.2 Å². The van der Waals surface area contributed by atoms with Crippen LogP contribution in [0.3, 0.4) is 0 Å². The number of imidazole rings is 1. The summed E-state index contributed by atoms with van der Waals surface area (Å²) < 4.78 is 0. The highest BCUT2D eigenvalue weighted by Crippen LogP contribution is 2.09. The van der Waals surface area contributed by atoms with Gasteiger partial charge in [-0.3, -0.25) is 48.1 Å². The molecule has 0 aliphatic heterocycles. The number of aliphatic hydroxyl groups is 2. The fourth-order valence-electron chi connectivity index (χ4n) is 6.77. The third kappa shape index (κ3) is 23.9. The summed E-state index contributed by atoms with van der Waals surface area (Å²) in [6, 6.07) is -5.35. The molecule has 2 aromatic rings. The van der Waals surface area contributed by atoms with Crippen LogP contribution in [0, 0.1) is 0 Å². The summed E-state index contributed by atoms with van der Waals surface area (Å²) in [6.45, 7) is 1.50. The second kappa shape index (κ2) is 35.2. The van der Waals surface area contributed by atoms with Crippen molar-refractivity contribution in [3.8, 4) is 0 Å². The van der Waals surface area contributed by atoms with Gasteiger partial charge in [0.25, 0.3) is 0 Å². The number of aliphatic carboxylic acids is 1. The second-order valence-electron chi connectivity index (χ2n) is 17.3. The lowest BCUT2D eigenvalue weighted by Gasteiger charge is -2.27.